The Balaban J connectivity index is 1.43. The van der Waals surface area contributed by atoms with Gasteiger partial charge in [0, 0.05) is 32.7 Å². The summed E-state index contributed by atoms with van der Waals surface area (Å²) in [6, 6.07) is 3.69. The van der Waals surface area contributed by atoms with Gasteiger partial charge in [-0.15, -0.1) is 0 Å². The molecule has 6 nitrogen and oxygen atoms in total. The number of nitrogens with zero attached hydrogens (tertiary/aromatic N) is 2. The van der Waals surface area contributed by atoms with E-state index in [2.05, 4.69) is 4.90 Å². The number of amides is 1. The lowest BCUT2D eigenvalue weighted by atomic mass is 9.81. The minimum absolute atomic E-state index is 0.0295. The highest BCUT2D eigenvalue weighted by Gasteiger charge is 2.62. The smallest absolute Gasteiger partial charge is 0.313 e. The van der Waals surface area contributed by atoms with Gasteiger partial charge in [0.25, 0.3) is 0 Å². The standard InChI is InChI=1S/C18H22N2O4/c21-16-15-10-19(7-1-3-14-4-2-8-24-14)11-18(15,17(22)23)12-20(16)9-13-5-6-13/h1-4,8,13,15H,5-7,9-12H2,(H,22,23)/b3-1+/t15-,18-/m0/s1. The fourth-order valence-corrected chi connectivity index (χ4v) is 4.01. The third-order valence-electron chi connectivity index (χ3n) is 5.49. The van der Waals surface area contributed by atoms with Gasteiger partial charge in [-0.25, -0.2) is 0 Å². The summed E-state index contributed by atoms with van der Waals surface area (Å²) in [5.74, 6) is 0.143. The van der Waals surface area contributed by atoms with Crippen molar-refractivity contribution in [3.8, 4) is 0 Å². The van der Waals surface area contributed by atoms with Crippen molar-refractivity contribution >= 4 is 18.0 Å². The van der Waals surface area contributed by atoms with Gasteiger partial charge in [0.05, 0.1) is 12.2 Å². The van der Waals surface area contributed by atoms with Crippen LogP contribution in [0.1, 0.15) is 18.6 Å². The minimum atomic E-state index is -0.940. The molecule has 2 saturated heterocycles. The summed E-state index contributed by atoms with van der Waals surface area (Å²) in [4.78, 5) is 28.5. The van der Waals surface area contributed by atoms with Gasteiger partial charge < -0.3 is 14.4 Å². The number of rotatable bonds is 6. The van der Waals surface area contributed by atoms with Gasteiger partial charge in [0.15, 0.2) is 0 Å². The van der Waals surface area contributed by atoms with Crippen molar-refractivity contribution in [1.82, 2.24) is 9.80 Å². The molecule has 3 heterocycles. The molecular formula is C18H22N2O4. The van der Waals surface area contributed by atoms with Gasteiger partial charge in [-0.3, -0.25) is 14.5 Å². The van der Waals surface area contributed by atoms with Crippen molar-refractivity contribution in [1.29, 1.82) is 0 Å². The van der Waals surface area contributed by atoms with E-state index >= 15 is 0 Å². The van der Waals surface area contributed by atoms with Crippen LogP contribution in [0.5, 0.6) is 0 Å². The Morgan fingerprint density at radius 3 is 2.88 bits per heavy atom. The number of carboxylic acids is 1. The molecule has 0 unspecified atom stereocenters. The molecular weight excluding hydrogens is 308 g/mol. The summed E-state index contributed by atoms with van der Waals surface area (Å²) in [5.41, 5.74) is -0.940. The zero-order valence-corrected chi connectivity index (χ0v) is 13.6. The average Bonchev–Trinajstić information content (AvgIpc) is 2.96. The fourth-order valence-electron chi connectivity index (χ4n) is 4.01. The molecule has 1 N–H and O–H groups in total. The highest BCUT2D eigenvalue weighted by atomic mass is 16.4. The molecule has 0 spiro atoms. The van der Waals surface area contributed by atoms with E-state index < -0.39 is 17.3 Å². The quantitative estimate of drug-likeness (QED) is 0.856. The summed E-state index contributed by atoms with van der Waals surface area (Å²) in [6.07, 6.45) is 7.79. The molecule has 1 aliphatic carbocycles. The number of furan rings is 1. The summed E-state index contributed by atoms with van der Waals surface area (Å²) >= 11 is 0. The van der Waals surface area contributed by atoms with E-state index in [9.17, 15) is 14.7 Å². The SMILES string of the molecule is O=C1[C@@H]2CN(C/C=C/c3ccco3)C[C@]2(C(=O)O)CN1CC1CC1. The second-order valence-corrected chi connectivity index (χ2v) is 7.29. The van der Waals surface area contributed by atoms with E-state index in [1.807, 2.05) is 24.3 Å². The lowest BCUT2D eigenvalue weighted by molar-refractivity contribution is -0.149. The normalized spacial score (nSPS) is 30.4. The fraction of sp³-hybridized carbons (Fsp3) is 0.556. The first kappa shape index (κ1) is 15.4. The molecule has 1 amide bonds. The summed E-state index contributed by atoms with van der Waals surface area (Å²) in [5, 5.41) is 9.81. The summed E-state index contributed by atoms with van der Waals surface area (Å²) < 4.78 is 5.24. The topological polar surface area (TPSA) is 74.0 Å². The predicted molar refractivity (Wildman–Crippen MR) is 87.0 cm³/mol. The molecule has 1 saturated carbocycles. The maximum atomic E-state index is 12.7. The van der Waals surface area contributed by atoms with Gasteiger partial charge >= 0.3 is 5.97 Å². The molecule has 3 fully saturated rings. The number of carbonyl (C=O) groups excluding carboxylic acids is 1. The summed E-state index contributed by atoms with van der Waals surface area (Å²) in [6.45, 7) is 2.68. The van der Waals surface area contributed by atoms with Gasteiger partial charge in [-0.05, 0) is 37.0 Å². The Bertz CT molecular complexity index is 665. The van der Waals surface area contributed by atoms with Gasteiger partial charge in [-0.2, -0.15) is 0 Å². The van der Waals surface area contributed by atoms with Gasteiger partial charge in [0.1, 0.15) is 11.2 Å². The number of hydrogen-bond acceptors (Lipinski definition) is 4. The first-order chi connectivity index (χ1) is 11.6. The maximum Gasteiger partial charge on any atom is 0.313 e. The number of fused-ring (bicyclic) bond motifs is 1. The van der Waals surface area contributed by atoms with Crippen LogP contribution in [0.25, 0.3) is 6.08 Å². The molecule has 1 aromatic rings. The molecule has 2 atom stereocenters. The molecule has 128 valence electrons. The van der Waals surface area contributed by atoms with Crippen LogP contribution in [0.2, 0.25) is 0 Å². The van der Waals surface area contributed by atoms with E-state index in [1.165, 1.54) is 0 Å². The van der Waals surface area contributed by atoms with Crippen molar-refractivity contribution in [2.45, 2.75) is 12.8 Å². The van der Waals surface area contributed by atoms with Crippen LogP contribution in [-0.2, 0) is 9.59 Å². The minimum Gasteiger partial charge on any atom is -0.481 e. The molecule has 4 rings (SSSR count). The lowest BCUT2D eigenvalue weighted by Crippen LogP contribution is -2.41. The number of carboxylic acid groups (broad SMARTS) is 1. The number of aliphatic carboxylic acids is 1. The molecule has 3 aliphatic rings. The Kier molecular flexibility index (Phi) is 3.72. The Labute approximate surface area is 140 Å². The number of likely N-dealkylation sites (tertiary alicyclic amines) is 2. The zero-order valence-electron chi connectivity index (χ0n) is 13.6. The van der Waals surface area contributed by atoms with E-state index in [0.717, 1.165) is 25.1 Å². The van der Waals surface area contributed by atoms with Crippen molar-refractivity contribution in [2.75, 3.05) is 32.7 Å². The van der Waals surface area contributed by atoms with Crippen LogP contribution >= 0.6 is 0 Å². The maximum absolute atomic E-state index is 12.7. The third kappa shape index (κ3) is 2.65. The zero-order chi connectivity index (χ0) is 16.7. The van der Waals surface area contributed by atoms with Crippen LogP contribution in [0.4, 0.5) is 0 Å². The molecule has 24 heavy (non-hydrogen) atoms. The van der Waals surface area contributed by atoms with E-state index in [4.69, 9.17) is 4.42 Å². The van der Waals surface area contributed by atoms with Gasteiger partial charge in [-0.1, -0.05) is 6.08 Å². The molecule has 1 aromatic heterocycles. The van der Waals surface area contributed by atoms with Crippen molar-refractivity contribution in [2.24, 2.45) is 17.3 Å². The predicted octanol–water partition coefficient (Wildman–Crippen LogP) is 1.55. The van der Waals surface area contributed by atoms with Crippen LogP contribution in [0.3, 0.4) is 0 Å². The Hall–Kier alpha value is -2.08. The molecule has 0 bridgehead atoms. The van der Waals surface area contributed by atoms with Crippen LogP contribution < -0.4 is 0 Å². The molecule has 2 aliphatic heterocycles. The number of carbonyl (C=O) groups is 2. The monoisotopic (exact) mass is 330 g/mol. The van der Waals surface area contributed by atoms with Crippen molar-refractivity contribution in [3.05, 3.63) is 30.2 Å². The first-order valence-electron chi connectivity index (χ1n) is 8.53. The second-order valence-electron chi connectivity index (χ2n) is 7.29. The average molecular weight is 330 g/mol. The van der Waals surface area contributed by atoms with E-state index in [0.29, 0.717) is 32.1 Å². The highest BCUT2D eigenvalue weighted by molar-refractivity contribution is 5.92. The second kappa shape index (κ2) is 5.77. The van der Waals surface area contributed by atoms with Crippen LogP contribution in [0, 0.1) is 17.3 Å². The largest absolute Gasteiger partial charge is 0.481 e. The lowest BCUT2D eigenvalue weighted by Gasteiger charge is -2.24. The Morgan fingerprint density at radius 1 is 1.42 bits per heavy atom. The third-order valence-corrected chi connectivity index (χ3v) is 5.49. The van der Waals surface area contributed by atoms with E-state index in [1.54, 1.807) is 11.2 Å². The van der Waals surface area contributed by atoms with Crippen molar-refractivity contribution in [3.63, 3.8) is 0 Å². The molecule has 6 heteroatoms. The van der Waals surface area contributed by atoms with Crippen molar-refractivity contribution < 1.29 is 19.1 Å². The summed E-state index contributed by atoms with van der Waals surface area (Å²) in [7, 11) is 0. The highest BCUT2D eigenvalue weighted by Crippen LogP contribution is 2.45. The van der Waals surface area contributed by atoms with Crippen LogP contribution in [0.15, 0.2) is 28.9 Å². The molecule has 0 aromatic carbocycles. The van der Waals surface area contributed by atoms with Crippen LogP contribution in [-0.4, -0.2) is 59.5 Å². The molecule has 0 radical (unpaired) electrons. The van der Waals surface area contributed by atoms with Gasteiger partial charge in [0.2, 0.25) is 5.91 Å². The van der Waals surface area contributed by atoms with E-state index in [-0.39, 0.29) is 5.91 Å². The number of hydrogen-bond donors (Lipinski definition) is 1. The first-order valence-corrected chi connectivity index (χ1v) is 8.53. The Morgan fingerprint density at radius 2 is 2.25 bits per heavy atom.